The van der Waals surface area contributed by atoms with Gasteiger partial charge >= 0.3 is 0 Å². The largest absolute Gasteiger partial charge is 0.508 e. The van der Waals surface area contributed by atoms with Crippen LogP contribution in [-0.4, -0.2) is 16.3 Å². The number of unbranched alkanes of at least 4 members (excludes halogenated alkanes) is 6. The predicted octanol–water partition coefficient (Wildman–Crippen LogP) is 6.83. The van der Waals surface area contributed by atoms with Crippen LogP contribution in [-0.2, 0) is 13.2 Å². The number of rotatable bonds is 14. The van der Waals surface area contributed by atoms with Gasteiger partial charge in [-0.3, -0.25) is 4.79 Å². The van der Waals surface area contributed by atoms with Crippen molar-refractivity contribution in [3.63, 3.8) is 0 Å². The van der Waals surface area contributed by atoms with Crippen LogP contribution in [0.15, 0.2) is 53.3 Å². The Morgan fingerprint density at radius 1 is 0.818 bits per heavy atom. The fourth-order valence-corrected chi connectivity index (χ4v) is 4.01. The van der Waals surface area contributed by atoms with Crippen molar-refractivity contribution in [2.24, 2.45) is 0 Å². The van der Waals surface area contributed by atoms with E-state index in [1.807, 2.05) is 36.4 Å². The van der Waals surface area contributed by atoms with E-state index in [9.17, 15) is 9.90 Å². The van der Waals surface area contributed by atoms with Crippen molar-refractivity contribution >= 4 is 10.9 Å². The molecule has 5 heteroatoms. The van der Waals surface area contributed by atoms with Gasteiger partial charge in [0, 0.05) is 18.0 Å². The second-order valence-electron chi connectivity index (χ2n) is 8.56. The number of ether oxygens (including phenoxy) is 2. The number of hydrogen-bond acceptors (Lipinski definition) is 4. The molecule has 0 amide bonds. The third-order valence-electron chi connectivity index (χ3n) is 5.87. The van der Waals surface area contributed by atoms with E-state index >= 15 is 0 Å². The Hall–Kier alpha value is -2.95. The van der Waals surface area contributed by atoms with E-state index in [1.165, 1.54) is 0 Å². The first-order valence-electron chi connectivity index (χ1n) is 12.3. The van der Waals surface area contributed by atoms with Gasteiger partial charge in [0.05, 0.1) is 12.1 Å². The molecule has 1 heterocycles. The lowest BCUT2D eigenvalue weighted by molar-refractivity contribution is 0.255. The lowest BCUT2D eigenvalue weighted by Gasteiger charge is -2.19. The molecule has 0 saturated carbocycles. The van der Waals surface area contributed by atoms with Crippen LogP contribution in [0.1, 0.15) is 70.8 Å². The second-order valence-corrected chi connectivity index (χ2v) is 8.56. The number of phenols is 1. The SMILES string of the molecule is CCCCCCOc1c(OCc2ccccc2)c2ccc(O)cc2n(CCCCCC)c1=O. The van der Waals surface area contributed by atoms with Crippen LogP contribution >= 0.6 is 0 Å². The molecule has 0 spiro atoms. The van der Waals surface area contributed by atoms with Crippen molar-refractivity contribution < 1.29 is 14.6 Å². The normalized spacial score (nSPS) is 11.1. The number of aromatic hydroxyl groups is 1. The van der Waals surface area contributed by atoms with Crippen LogP contribution in [0.2, 0.25) is 0 Å². The number of pyridine rings is 1. The fourth-order valence-electron chi connectivity index (χ4n) is 4.01. The maximum absolute atomic E-state index is 13.6. The van der Waals surface area contributed by atoms with Gasteiger partial charge in [0.2, 0.25) is 5.75 Å². The molecule has 0 unspecified atom stereocenters. The quantitative estimate of drug-likeness (QED) is 0.273. The maximum atomic E-state index is 13.6. The van der Waals surface area contributed by atoms with Crippen molar-refractivity contribution in [2.75, 3.05) is 6.61 Å². The molecule has 0 aliphatic carbocycles. The molecule has 0 radical (unpaired) electrons. The van der Waals surface area contributed by atoms with Gasteiger partial charge in [0.1, 0.15) is 12.4 Å². The van der Waals surface area contributed by atoms with Crippen LogP contribution in [0, 0.1) is 0 Å². The topological polar surface area (TPSA) is 60.7 Å². The van der Waals surface area contributed by atoms with Crippen LogP contribution in [0.5, 0.6) is 17.2 Å². The molecule has 33 heavy (non-hydrogen) atoms. The number of phenolic OH excluding ortho intramolecular Hbond substituents is 1. The maximum Gasteiger partial charge on any atom is 0.297 e. The number of aryl methyl sites for hydroxylation is 1. The molecule has 0 bridgehead atoms. The zero-order valence-electron chi connectivity index (χ0n) is 20.0. The Balaban J connectivity index is 1.99. The van der Waals surface area contributed by atoms with Crippen LogP contribution < -0.4 is 15.0 Å². The van der Waals surface area contributed by atoms with Gasteiger partial charge in [-0.25, -0.2) is 0 Å². The summed E-state index contributed by atoms with van der Waals surface area (Å²) in [6.45, 7) is 5.75. The molecule has 3 rings (SSSR count). The summed E-state index contributed by atoms with van der Waals surface area (Å²) in [6, 6.07) is 15.0. The molecule has 3 aromatic rings. The Kier molecular flexibility index (Phi) is 9.67. The van der Waals surface area contributed by atoms with Crippen molar-refractivity contribution in [2.45, 2.75) is 78.4 Å². The first-order valence-corrected chi connectivity index (χ1v) is 12.3. The van der Waals surface area contributed by atoms with Crippen LogP contribution in [0.25, 0.3) is 10.9 Å². The highest BCUT2D eigenvalue weighted by Gasteiger charge is 2.20. The minimum Gasteiger partial charge on any atom is -0.508 e. The standard InChI is InChI=1S/C28H37NO4/c1-3-5-7-12-18-29-25-20-23(30)16-17-24(25)26(33-21-22-14-10-9-11-15-22)27(28(29)31)32-19-13-8-6-4-2/h9-11,14-17,20,30H,3-8,12-13,18-19,21H2,1-2H3. The number of hydrogen-bond donors (Lipinski definition) is 1. The summed E-state index contributed by atoms with van der Waals surface area (Å²) >= 11 is 0. The van der Waals surface area contributed by atoms with E-state index in [2.05, 4.69) is 13.8 Å². The number of aromatic nitrogens is 1. The highest BCUT2D eigenvalue weighted by Crippen LogP contribution is 2.35. The summed E-state index contributed by atoms with van der Waals surface area (Å²) < 4.78 is 14.0. The first-order chi connectivity index (χ1) is 16.2. The van der Waals surface area contributed by atoms with E-state index in [-0.39, 0.29) is 17.1 Å². The first kappa shape index (κ1) is 24.7. The molecular weight excluding hydrogens is 414 g/mol. The molecule has 1 aromatic heterocycles. The third-order valence-corrected chi connectivity index (χ3v) is 5.87. The smallest absolute Gasteiger partial charge is 0.297 e. The van der Waals surface area contributed by atoms with Crippen LogP contribution in [0.4, 0.5) is 0 Å². The molecule has 0 aliphatic heterocycles. The van der Waals surface area contributed by atoms with E-state index in [0.717, 1.165) is 62.3 Å². The number of fused-ring (bicyclic) bond motifs is 1. The van der Waals surface area contributed by atoms with E-state index in [0.29, 0.717) is 31.0 Å². The Morgan fingerprint density at radius 2 is 1.55 bits per heavy atom. The molecule has 2 aromatic carbocycles. The summed E-state index contributed by atoms with van der Waals surface area (Å²) in [4.78, 5) is 13.6. The van der Waals surface area contributed by atoms with Gasteiger partial charge in [-0.1, -0.05) is 82.7 Å². The van der Waals surface area contributed by atoms with E-state index in [4.69, 9.17) is 9.47 Å². The number of benzene rings is 2. The van der Waals surface area contributed by atoms with Crippen molar-refractivity contribution in [3.8, 4) is 17.2 Å². The summed E-state index contributed by atoms with van der Waals surface area (Å²) in [5, 5.41) is 10.9. The average Bonchev–Trinajstić information content (AvgIpc) is 2.83. The summed E-state index contributed by atoms with van der Waals surface area (Å²) in [5.41, 5.74) is 1.50. The zero-order valence-corrected chi connectivity index (χ0v) is 20.0. The summed E-state index contributed by atoms with van der Waals surface area (Å²) in [5.74, 6) is 0.863. The van der Waals surface area contributed by atoms with E-state index < -0.39 is 0 Å². The molecule has 0 atom stereocenters. The van der Waals surface area contributed by atoms with Crippen LogP contribution in [0.3, 0.4) is 0 Å². The van der Waals surface area contributed by atoms with Gasteiger partial charge in [0.25, 0.3) is 5.56 Å². The van der Waals surface area contributed by atoms with E-state index in [1.54, 1.807) is 16.7 Å². The van der Waals surface area contributed by atoms with Crippen molar-refractivity contribution in [1.82, 2.24) is 4.57 Å². The highest BCUT2D eigenvalue weighted by atomic mass is 16.5. The zero-order chi connectivity index (χ0) is 23.5. The molecule has 178 valence electrons. The average molecular weight is 452 g/mol. The minimum absolute atomic E-state index is 0.131. The molecule has 0 saturated heterocycles. The fraction of sp³-hybridized carbons (Fsp3) is 0.464. The van der Waals surface area contributed by atoms with Gasteiger partial charge in [-0.15, -0.1) is 0 Å². The summed E-state index contributed by atoms with van der Waals surface area (Å²) in [6.07, 6.45) is 8.50. The molecule has 1 N–H and O–H groups in total. The molecule has 5 nitrogen and oxygen atoms in total. The van der Waals surface area contributed by atoms with Gasteiger partial charge in [-0.05, 0) is 30.5 Å². The summed E-state index contributed by atoms with van der Waals surface area (Å²) in [7, 11) is 0. The molecule has 0 aliphatic rings. The Bertz CT molecular complexity index is 1060. The Morgan fingerprint density at radius 3 is 2.27 bits per heavy atom. The van der Waals surface area contributed by atoms with Gasteiger partial charge in [-0.2, -0.15) is 0 Å². The minimum atomic E-state index is -0.192. The third kappa shape index (κ3) is 6.77. The second kappa shape index (κ2) is 12.9. The van der Waals surface area contributed by atoms with Crippen molar-refractivity contribution in [1.29, 1.82) is 0 Å². The highest BCUT2D eigenvalue weighted by molar-refractivity contribution is 5.89. The van der Waals surface area contributed by atoms with Crippen molar-refractivity contribution in [3.05, 3.63) is 64.4 Å². The monoisotopic (exact) mass is 451 g/mol. The molecule has 0 fully saturated rings. The number of nitrogens with zero attached hydrogens (tertiary/aromatic N) is 1. The molecular formula is C28H37NO4. The lowest BCUT2D eigenvalue weighted by atomic mass is 10.1. The van der Waals surface area contributed by atoms with Gasteiger partial charge < -0.3 is 19.1 Å². The van der Waals surface area contributed by atoms with Gasteiger partial charge in [0.15, 0.2) is 5.75 Å². The predicted molar refractivity (Wildman–Crippen MR) is 134 cm³/mol. The Labute approximate surface area is 197 Å². The lowest BCUT2D eigenvalue weighted by Crippen LogP contribution is -2.24.